The van der Waals surface area contributed by atoms with Gasteiger partial charge < -0.3 is 5.73 Å². The van der Waals surface area contributed by atoms with Crippen molar-refractivity contribution in [1.82, 2.24) is 4.72 Å². The Morgan fingerprint density at radius 2 is 2.16 bits per heavy atom. The quantitative estimate of drug-likeness (QED) is 0.352. The van der Waals surface area contributed by atoms with E-state index in [1.165, 1.54) is 0 Å². The number of carbonyl (C=O) groups excluding carboxylic acids is 1. The van der Waals surface area contributed by atoms with Crippen LogP contribution in [0.3, 0.4) is 0 Å². The molecule has 8 nitrogen and oxygen atoms in total. The topological polar surface area (TPSA) is 132 Å². The van der Waals surface area contributed by atoms with Crippen molar-refractivity contribution >= 4 is 43.6 Å². The molecule has 3 N–H and O–H groups in total. The van der Waals surface area contributed by atoms with Gasteiger partial charge in [-0.3, -0.25) is 14.9 Å². The Balaban J connectivity index is 3.72. The second-order valence-electron chi connectivity index (χ2n) is 3.42. The number of nitrogens with one attached hydrogen (secondary N) is 1. The second kappa shape index (κ2) is 5.63. The first-order chi connectivity index (χ1) is 8.76. The summed E-state index contributed by atoms with van der Waals surface area (Å²) in [6.45, 7) is 1.66. The average molecular weight is 352 g/mol. The standard InChI is InChI=1S/C9H10BrN3O5S/c1-2-12-19(17,18)9-5(4-14)3-6(13(15)16)8(11)7(9)10/h3-4,12H,2,11H2,1H3. The molecular formula is C9H10BrN3O5S. The fourth-order valence-corrected chi connectivity index (χ4v) is 3.78. The molecule has 19 heavy (non-hydrogen) atoms. The Kier molecular flexibility index (Phi) is 4.61. The molecule has 0 aliphatic carbocycles. The number of benzene rings is 1. The number of hydrogen-bond acceptors (Lipinski definition) is 6. The number of rotatable bonds is 5. The van der Waals surface area contributed by atoms with Gasteiger partial charge in [0.1, 0.15) is 10.6 Å². The smallest absolute Gasteiger partial charge is 0.294 e. The lowest BCUT2D eigenvalue weighted by atomic mass is 10.2. The minimum atomic E-state index is -3.98. The summed E-state index contributed by atoms with van der Waals surface area (Å²) in [6, 6.07) is 0.831. The first kappa shape index (κ1) is 15.5. The van der Waals surface area contributed by atoms with Crippen LogP contribution in [-0.4, -0.2) is 26.2 Å². The lowest BCUT2D eigenvalue weighted by Crippen LogP contribution is -2.25. The van der Waals surface area contributed by atoms with Crippen molar-refractivity contribution < 1.29 is 18.1 Å². The summed E-state index contributed by atoms with van der Waals surface area (Å²) in [5.74, 6) is 0. The third kappa shape index (κ3) is 2.91. The van der Waals surface area contributed by atoms with Crippen molar-refractivity contribution in [2.75, 3.05) is 12.3 Å². The Morgan fingerprint density at radius 1 is 1.58 bits per heavy atom. The molecule has 0 unspecified atom stereocenters. The number of nitrogens with zero attached hydrogens (tertiary/aromatic N) is 1. The molecule has 0 heterocycles. The molecule has 0 amide bonds. The minimum absolute atomic E-state index is 0.101. The van der Waals surface area contributed by atoms with Gasteiger partial charge in [-0.2, -0.15) is 0 Å². The summed E-state index contributed by atoms with van der Waals surface area (Å²) in [7, 11) is -3.98. The number of hydrogen-bond donors (Lipinski definition) is 2. The number of carbonyl (C=O) groups is 1. The maximum absolute atomic E-state index is 11.9. The van der Waals surface area contributed by atoms with Gasteiger partial charge in [0, 0.05) is 18.2 Å². The number of nitro benzene ring substituents is 1. The number of anilines is 1. The lowest BCUT2D eigenvalue weighted by Gasteiger charge is -2.11. The minimum Gasteiger partial charge on any atom is -0.392 e. The van der Waals surface area contributed by atoms with Gasteiger partial charge in [0.2, 0.25) is 10.0 Å². The van der Waals surface area contributed by atoms with Gasteiger partial charge in [-0.05, 0) is 15.9 Å². The molecule has 0 bridgehead atoms. The summed E-state index contributed by atoms with van der Waals surface area (Å²) >= 11 is 2.89. The van der Waals surface area contributed by atoms with Gasteiger partial charge in [-0.1, -0.05) is 6.92 Å². The Hall–Kier alpha value is -1.52. The Morgan fingerprint density at radius 3 is 2.58 bits per heavy atom. The third-order valence-electron chi connectivity index (χ3n) is 2.19. The predicted octanol–water partition coefficient (Wildman–Crippen LogP) is 1.05. The molecule has 104 valence electrons. The van der Waals surface area contributed by atoms with E-state index in [0.717, 1.165) is 6.07 Å². The van der Waals surface area contributed by atoms with E-state index in [1.807, 2.05) is 0 Å². The maximum atomic E-state index is 11.9. The zero-order valence-corrected chi connectivity index (χ0v) is 12.1. The van der Waals surface area contributed by atoms with Crippen LogP contribution in [0.4, 0.5) is 11.4 Å². The van der Waals surface area contributed by atoms with E-state index in [-0.39, 0.29) is 28.6 Å². The van der Waals surface area contributed by atoms with E-state index >= 15 is 0 Å². The van der Waals surface area contributed by atoms with Gasteiger partial charge in [0.05, 0.1) is 9.40 Å². The maximum Gasteiger partial charge on any atom is 0.294 e. The molecule has 0 atom stereocenters. The predicted molar refractivity (Wildman–Crippen MR) is 71.5 cm³/mol. The second-order valence-corrected chi connectivity index (χ2v) is 5.91. The van der Waals surface area contributed by atoms with Gasteiger partial charge in [-0.15, -0.1) is 0 Å². The van der Waals surface area contributed by atoms with Crippen LogP contribution < -0.4 is 10.5 Å². The molecule has 0 spiro atoms. The van der Waals surface area contributed by atoms with Crippen LogP contribution in [-0.2, 0) is 10.0 Å². The van der Waals surface area contributed by atoms with E-state index in [2.05, 4.69) is 20.7 Å². The summed E-state index contributed by atoms with van der Waals surface area (Å²) in [4.78, 5) is 20.5. The highest BCUT2D eigenvalue weighted by Crippen LogP contribution is 2.37. The molecule has 0 radical (unpaired) electrons. The van der Waals surface area contributed by atoms with Crippen LogP contribution in [0.15, 0.2) is 15.4 Å². The molecule has 0 saturated heterocycles. The molecule has 1 rings (SSSR count). The summed E-state index contributed by atoms with van der Waals surface area (Å²) in [5.41, 5.74) is 4.27. The fourth-order valence-electron chi connectivity index (χ4n) is 1.43. The lowest BCUT2D eigenvalue weighted by molar-refractivity contribution is -0.384. The van der Waals surface area contributed by atoms with Crippen molar-refractivity contribution in [1.29, 1.82) is 0 Å². The molecule has 0 saturated carbocycles. The van der Waals surface area contributed by atoms with Crippen molar-refractivity contribution in [2.24, 2.45) is 0 Å². The molecule has 0 aromatic heterocycles. The largest absolute Gasteiger partial charge is 0.392 e. The number of nitrogen functional groups attached to an aromatic ring is 1. The van der Waals surface area contributed by atoms with Crippen LogP contribution in [0.25, 0.3) is 0 Å². The highest BCUT2D eigenvalue weighted by atomic mass is 79.9. The zero-order chi connectivity index (χ0) is 14.8. The van der Waals surface area contributed by atoms with Gasteiger partial charge in [0.25, 0.3) is 5.69 Å². The van der Waals surface area contributed by atoms with Crippen LogP contribution in [0.5, 0.6) is 0 Å². The first-order valence-corrected chi connectivity index (χ1v) is 7.25. The van der Waals surface area contributed by atoms with E-state index in [1.54, 1.807) is 6.92 Å². The normalized spacial score (nSPS) is 11.3. The van der Waals surface area contributed by atoms with Gasteiger partial charge in [0.15, 0.2) is 6.29 Å². The van der Waals surface area contributed by atoms with Gasteiger partial charge >= 0.3 is 0 Å². The Bertz CT molecular complexity index is 644. The number of nitro groups is 1. The van der Waals surface area contributed by atoms with Crippen molar-refractivity contribution in [3.63, 3.8) is 0 Å². The number of aldehydes is 1. The molecule has 0 fully saturated rings. The number of sulfonamides is 1. The molecule has 10 heteroatoms. The summed E-state index contributed by atoms with van der Waals surface area (Å²) in [6.07, 6.45) is 0.224. The highest BCUT2D eigenvalue weighted by Gasteiger charge is 2.28. The third-order valence-corrected chi connectivity index (χ3v) is 4.93. The van der Waals surface area contributed by atoms with E-state index < -0.39 is 25.5 Å². The Labute approximate surface area is 117 Å². The first-order valence-electron chi connectivity index (χ1n) is 4.97. The van der Waals surface area contributed by atoms with Crippen LogP contribution in [0.1, 0.15) is 17.3 Å². The van der Waals surface area contributed by atoms with Gasteiger partial charge in [-0.25, -0.2) is 13.1 Å². The van der Waals surface area contributed by atoms with E-state index in [4.69, 9.17) is 5.73 Å². The molecule has 0 aliphatic rings. The van der Waals surface area contributed by atoms with E-state index in [0.29, 0.717) is 0 Å². The monoisotopic (exact) mass is 351 g/mol. The van der Waals surface area contributed by atoms with Crippen molar-refractivity contribution in [3.05, 3.63) is 26.2 Å². The molecular weight excluding hydrogens is 342 g/mol. The highest BCUT2D eigenvalue weighted by molar-refractivity contribution is 9.10. The summed E-state index contributed by atoms with van der Waals surface area (Å²) in [5, 5.41) is 10.8. The fraction of sp³-hybridized carbons (Fsp3) is 0.222. The molecule has 1 aromatic carbocycles. The van der Waals surface area contributed by atoms with Crippen molar-refractivity contribution in [3.8, 4) is 0 Å². The average Bonchev–Trinajstić information content (AvgIpc) is 2.31. The van der Waals surface area contributed by atoms with Crippen molar-refractivity contribution in [2.45, 2.75) is 11.8 Å². The molecule has 0 aliphatic heterocycles. The summed E-state index contributed by atoms with van der Waals surface area (Å²) < 4.78 is 25.9. The number of nitrogens with two attached hydrogens (primary N) is 1. The molecule has 1 aromatic rings. The number of halogens is 1. The zero-order valence-electron chi connectivity index (χ0n) is 9.71. The van der Waals surface area contributed by atoms with Crippen LogP contribution in [0.2, 0.25) is 0 Å². The van der Waals surface area contributed by atoms with E-state index in [9.17, 15) is 23.3 Å². The van der Waals surface area contributed by atoms with Crippen LogP contribution in [0, 0.1) is 10.1 Å². The van der Waals surface area contributed by atoms with Crippen LogP contribution >= 0.6 is 15.9 Å². The SMILES string of the molecule is CCNS(=O)(=O)c1c(C=O)cc([N+](=O)[O-])c(N)c1Br.